The minimum absolute atomic E-state index is 0.0828. The molecule has 0 radical (unpaired) electrons. The molecule has 1 rings (SSSR count). The molecule has 0 aliphatic heterocycles. The fraction of sp³-hybridized carbons (Fsp3) is 0.250. The van der Waals surface area contributed by atoms with Crippen molar-refractivity contribution in [1.82, 2.24) is 15.0 Å². The van der Waals surface area contributed by atoms with Gasteiger partial charge in [0.2, 0.25) is 15.9 Å². The number of carbonyl (C=O) groups excluding carboxylic acids is 1. The van der Waals surface area contributed by atoms with E-state index in [0.29, 0.717) is 0 Å². The highest BCUT2D eigenvalue weighted by molar-refractivity contribution is 7.89. The molecule has 0 unspecified atom stereocenters. The Bertz CT molecular complexity index is 486. The van der Waals surface area contributed by atoms with E-state index in [4.69, 9.17) is 5.73 Å². The Morgan fingerprint density at radius 2 is 2.25 bits per heavy atom. The molecule has 4 N–H and O–H groups in total. The van der Waals surface area contributed by atoms with Crippen LogP contribution < -0.4 is 15.8 Å². The second-order valence-corrected chi connectivity index (χ2v) is 4.65. The lowest BCUT2D eigenvalue weighted by atomic mass is 10.4. The average Bonchev–Trinajstić information content (AvgIpc) is 2.26. The van der Waals surface area contributed by atoms with Crippen LogP contribution >= 0.6 is 0 Å². The summed E-state index contributed by atoms with van der Waals surface area (Å²) in [5, 5.41) is 2.29. The summed E-state index contributed by atoms with van der Waals surface area (Å²) < 4.78 is 25.4. The summed E-state index contributed by atoms with van der Waals surface area (Å²) in [7, 11) is -2.38. The number of likely N-dealkylation sites (N-methyl/N-ethyl adjacent to an activating group) is 1. The third-order valence-corrected chi connectivity index (χ3v) is 3.25. The quantitative estimate of drug-likeness (QED) is 0.608. The van der Waals surface area contributed by atoms with Crippen molar-refractivity contribution in [3.63, 3.8) is 0 Å². The van der Waals surface area contributed by atoms with Crippen LogP contribution in [0.1, 0.15) is 0 Å². The van der Waals surface area contributed by atoms with Gasteiger partial charge in [-0.25, -0.2) is 13.1 Å². The molecular formula is C8H12N4O3S. The van der Waals surface area contributed by atoms with E-state index in [-0.39, 0.29) is 17.1 Å². The highest BCUT2D eigenvalue weighted by atomic mass is 32.2. The van der Waals surface area contributed by atoms with Gasteiger partial charge in [0, 0.05) is 19.4 Å². The van der Waals surface area contributed by atoms with Crippen molar-refractivity contribution in [3.8, 4) is 0 Å². The van der Waals surface area contributed by atoms with Crippen LogP contribution in [0.2, 0.25) is 0 Å². The van der Waals surface area contributed by atoms with E-state index in [0.717, 1.165) is 6.20 Å². The summed E-state index contributed by atoms with van der Waals surface area (Å²) in [6, 6.07) is 1.37. The van der Waals surface area contributed by atoms with E-state index >= 15 is 0 Å². The molecule has 0 aliphatic rings. The Balaban J connectivity index is 2.87. The van der Waals surface area contributed by atoms with E-state index in [1.807, 2.05) is 0 Å². The maximum Gasteiger partial charge on any atom is 0.244 e. The fourth-order valence-corrected chi connectivity index (χ4v) is 2.00. The average molecular weight is 244 g/mol. The van der Waals surface area contributed by atoms with Gasteiger partial charge in [0.1, 0.15) is 4.90 Å². The Kier molecular flexibility index (Phi) is 3.80. The number of aromatic nitrogens is 1. The Morgan fingerprint density at radius 1 is 1.56 bits per heavy atom. The van der Waals surface area contributed by atoms with Crippen LogP contribution in [0.15, 0.2) is 23.4 Å². The van der Waals surface area contributed by atoms with Crippen LogP contribution in [0.3, 0.4) is 0 Å². The molecule has 8 heteroatoms. The molecule has 0 fully saturated rings. The highest BCUT2D eigenvalue weighted by Crippen LogP contribution is 2.14. The first-order chi connectivity index (χ1) is 7.47. The van der Waals surface area contributed by atoms with Gasteiger partial charge in [-0.1, -0.05) is 0 Å². The molecular weight excluding hydrogens is 232 g/mol. The zero-order valence-corrected chi connectivity index (χ0v) is 9.41. The Hall–Kier alpha value is -1.67. The number of nitrogens with one attached hydrogen (secondary N) is 2. The maximum absolute atomic E-state index is 11.7. The van der Waals surface area contributed by atoms with Gasteiger partial charge in [-0.05, 0) is 6.07 Å². The lowest BCUT2D eigenvalue weighted by Crippen LogP contribution is -2.35. The highest BCUT2D eigenvalue weighted by Gasteiger charge is 2.17. The number of hydrogen-bond acceptors (Lipinski definition) is 5. The second-order valence-electron chi connectivity index (χ2n) is 2.91. The lowest BCUT2D eigenvalue weighted by molar-refractivity contribution is -0.119. The maximum atomic E-state index is 11.7. The zero-order valence-electron chi connectivity index (χ0n) is 8.60. The van der Waals surface area contributed by atoms with Crippen LogP contribution in [-0.4, -0.2) is 32.9 Å². The topological polar surface area (TPSA) is 114 Å². The molecule has 0 atom stereocenters. The van der Waals surface area contributed by atoms with Gasteiger partial charge in [0.05, 0.1) is 12.2 Å². The minimum atomic E-state index is -3.79. The van der Waals surface area contributed by atoms with Crippen molar-refractivity contribution < 1.29 is 13.2 Å². The van der Waals surface area contributed by atoms with Gasteiger partial charge in [-0.3, -0.25) is 9.78 Å². The van der Waals surface area contributed by atoms with Gasteiger partial charge in [-0.2, -0.15) is 0 Å². The molecule has 1 amide bonds. The van der Waals surface area contributed by atoms with Crippen LogP contribution in [0, 0.1) is 0 Å². The van der Waals surface area contributed by atoms with E-state index in [2.05, 4.69) is 15.0 Å². The lowest BCUT2D eigenvalue weighted by Gasteiger charge is -2.07. The number of nitrogen functional groups attached to an aromatic ring is 1. The molecule has 0 saturated carbocycles. The third-order valence-electron chi connectivity index (χ3n) is 1.81. The SMILES string of the molecule is CNC(=O)CNS(=O)(=O)c1cnccc1N. The van der Waals surface area contributed by atoms with Gasteiger partial charge in [0.25, 0.3) is 0 Å². The van der Waals surface area contributed by atoms with Crippen molar-refractivity contribution in [2.45, 2.75) is 4.90 Å². The smallest absolute Gasteiger partial charge is 0.244 e. The fourth-order valence-electron chi connectivity index (χ4n) is 0.942. The molecule has 1 aromatic heterocycles. The molecule has 0 saturated heterocycles. The molecule has 0 spiro atoms. The number of carbonyl (C=O) groups is 1. The number of hydrogen-bond donors (Lipinski definition) is 3. The van der Waals surface area contributed by atoms with Crippen LogP contribution in [0.4, 0.5) is 5.69 Å². The molecule has 0 aliphatic carbocycles. The zero-order chi connectivity index (χ0) is 12.2. The number of amides is 1. The van der Waals surface area contributed by atoms with Crippen LogP contribution in [-0.2, 0) is 14.8 Å². The number of sulfonamides is 1. The normalized spacial score (nSPS) is 11.1. The van der Waals surface area contributed by atoms with Crippen molar-refractivity contribution in [1.29, 1.82) is 0 Å². The minimum Gasteiger partial charge on any atom is -0.398 e. The van der Waals surface area contributed by atoms with Crippen molar-refractivity contribution in [3.05, 3.63) is 18.5 Å². The summed E-state index contributed by atoms with van der Waals surface area (Å²) in [5.41, 5.74) is 5.57. The van der Waals surface area contributed by atoms with Crippen molar-refractivity contribution >= 4 is 21.6 Å². The van der Waals surface area contributed by atoms with Crippen LogP contribution in [0.5, 0.6) is 0 Å². The monoisotopic (exact) mass is 244 g/mol. The van der Waals surface area contributed by atoms with E-state index in [1.54, 1.807) is 0 Å². The first kappa shape index (κ1) is 12.4. The number of rotatable bonds is 4. The molecule has 0 bridgehead atoms. The largest absolute Gasteiger partial charge is 0.398 e. The van der Waals surface area contributed by atoms with Gasteiger partial charge >= 0.3 is 0 Å². The van der Waals surface area contributed by atoms with E-state index in [9.17, 15) is 13.2 Å². The van der Waals surface area contributed by atoms with Gasteiger partial charge in [-0.15, -0.1) is 0 Å². The molecule has 1 heterocycles. The van der Waals surface area contributed by atoms with Gasteiger partial charge in [0.15, 0.2) is 0 Å². The standard InChI is InChI=1S/C8H12N4O3S/c1-10-8(13)5-12-16(14,15)7-4-11-3-2-6(7)9/h2-4,12H,5H2,1H3,(H2,9,11)(H,10,13). The number of anilines is 1. The predicted molar refractivity (Wildman–Crippen MR) is 57.9 cm³/mol. The predicted octanol–water partition coefficient (Wildman–Crippen LogP) is -1.31. The molecule has 0 aromatic carbocycles. The molecule has 16 heavy (non-hydrogen) atoms. The van der Waals surface area contributed by atoms with Crippen molar-refractivity contribution in [2.75, 3.05) is 19.3 Å². The first-order valence-electron chi connectivity index (χ1n) is 4.37. The number of nitrogens with two attached hydrogens (primary N) is 1. The molecule has 88 valence electrons. The molecule has 1 aromatic rings. The van der Waals surface area contributed by atoms with Crippen molar-refractivity contribution in [2.24, 2.45) is 0 Å². The Labute approximate surface area is 93.1 Å². The summed E-state index contributed by atoms with van der Waals surface area (Å²) in [4.78, 5) is 14.4. The van der Waals surface area contributed by atoms with Crippen LogP contribution in [0.25, 0.3) is 0 Å². The third kappa shape index (κ3) is 2.91. The number of nitrogens with zero attached hydrogens (tertiary/aromatic N) is 1. The van der Waals surface area contributed by atoms with E-state index in [1.165, 1.54) is 19.3 Å². The summed E-state index contributed by atoms with van der Waals surface area (Å²) in [6.07, 6.45) is 2.51. The van der Waals surface area contributed by atoms with Gasteiger partial charge < -0.3 is 11.1 Å². The summed E-state index contributed by atoms with van der Waals surface area (Å²) >= 11 is 0. The number of pyridine rings is 1. The summed E-state index contributed by atoms with van der Waals surface area (Å²) in [5.74, 6) is -0.439. The second kappa shape index (κ2) is 4.90. The molecule has 7 nitrogen and oxygen atoms in total. The summed E-state index contributed by atoms with van der Waals surface area (Å²) in [6.45, 7) is -0.340. The Morgan fingerprint density at radius 3 is 2.81 bits per heavy atom. The van der Waals surface area contributed by atoms with E-state index < -0.39 is 15.9 Å². The first-order valence-corrected chi connectivity index (χ1v) is 5.85.